The molecule has 0 radical (unpaired) electrons. The van der Waals surface area contributed by atoms with Gasteiger partial charge in [-0.25, -0.2) is 0 Å². The van der Waals surface area contributed by atoms with E-state index in [0.29, 0.717) is 12.0 Å². The molecular weight excluding hydrogens is 200 g/mol. The smallest absolute Gasteiger partial charge is 0.135 e. The van der Waals surface area contributed by atoms with E-state index in [4.69, 9.17) is 11.6 Å². The highest BCUT2D eigenvalue weighted by molar-refractivity contribution is 7.97. The SMILES string of the molecule is CSN1C=CN(SC)C1CCl. The van der Waals surface area contributed by atoms with Gasteiger partial charge in [-0.2, -0.15) is 0 Å². The number of halogens is 1. The van der Waals surface area contributed by atoms with Gasteiger partial charge in [0, 0.05) is 24.9 Å². The van der Waals surface area contributed by atoms with E-state index in [1.807, 2.05) is 24.9 Å². The van der Waals surface area contributed by atoms with Gasteiger partial charge in [0.05, 0.1) is 5.88 Å². The molecule has 0 N–H and O–H groups in total. The van der Waals surface area contributed by atoms with Gasteiger partial charge in [-0.3, -0.25) is 8.61 Å². The van der Waals surface area contributed by atoms with Gasteiger partial charge < -0.3 is 0 Å². The van der Waals surface area contributed by atoms with E-state index in [9.17, 15) is 0 Å². The Morgan fingerprint density at radius 3 is 2.00 bits per heavy atom. The maximum absolute atomic E-state index is 5.80. The third-order valence-corrected chi connectivity index (χ3v) is 3.36. The second-order valence-electron chi connectivity index (χ2n) is 2.02. The highest BCUT2D eigenvalue weighted by Crippen LogP contribution is 2.27. The van der Waals surface area contributed by atoms with E-state index in [1.54, 1.807) is 23.9 Å². The van der Waals surface area contributed by atoms with Gasteiger partial charge in [0.2, 0.25) is 0 Å². The average Bonchev–Trinajstić information content (AvgIpc) is 2.45. The minimum absolute atomic E-state index is 0.307. The molecule has 64 valence electrons. The van der Waals surface area contributed by atoms with Gasteiger partial charge in [0.1, 0.15) is 6.17 Å². The summed E-state index contributed by atoms with van der Waals surface area (Å²) in [6.07, 6.45) is 8.51. The minimum Gasteiger partial charge on any atom is -0.298 e. The first kappa shape index (κ1) is 9.42. The number of hydrogen-bond acceptors (Lipinski definition) is 4. The van der Waals surface area contributed by atoms with Crippen molar-refractivity contribution in [3.8, 4) is 0 Å². The fourth-order valence-corrected chi connectivity index (χ4v) is 2.66. The Balaban J connectivity index is 2.54. The lowest BCUT2D eigenvalue weighted by Crippen LogP contribution is -2.32. The van der Waals surface area contributed by atoms with Crippen LogP contribution in [0.5, 0.6) is 0 Å². The van der Waals surface area contributed by atoms with Crippen molar-refractivity contribution in [1.29, 1.82) is 0 Å². The number of nitrogens with zero attached hydrogens (tertiary/aromatic N) is 2. The molecule has 0 fully saturated rings. The molecule has 0 saturated heterocycles. The number of hydrogen-bond donors (Lipinski definition) is 0. The summed E-state index contributed by atoms with van der Waals surface area (Å²) >= 11 is 9.19. The first-order chi connectivity index (χ1) is 5.33. The summed E-state index contributed by atoms with van der Waals surface area (Å²) in [5.74, 6) is 0.634. The molecule has 5 heteroatoms. The van der Waals surface area contributed by atoms with Crippen LogP contribution in [0.15, 0.2) is 12.4 Å². The van der Waals surface area contributed by atoms with E-state index >= 15 is 0 Å². The molecule has 0 aliphatic carbocycles. The molecule has 2 nitrogen and oxygen atoms in total. The molecule has 0 amide bonds. The lowest BCUT2D eigenvalue weighted by molar-refractivity contribution is 0.379. The monoisotopic (exact) mass is 210 g/mol. The van der Waals surface area contributed by atoms with Crippen LogP contribution in [-0.2, 0) is 0 Å². The summed E-state index contributed by atoms with van der Waals surface area (Å²) in [5, 5.41) is 0. The van der Waals surface area contributed by atoms with Crippen molar-refractivity contribution in [3.05, 3.63) is 12.4 Å². The van der Waals surface area contributed by atoms with Crippen molar-refractivity contribution < 1.29 is 0 Å². The van der Waals surface area contributed by atoms with Crippen LogP contribution in [0, 0.1) is 0 Å². The topological polar surface area (TPSA) is 6.48 Å². The second-order valence-corrected chi connectivity index (χ2v) is 3.90. The molecule has 0 atom stereocenters. The molecule has 0 bridgehead atoms. The van der Waals surface area contributed by atoms with Crippen molar-refractivity contribution in [2.24, 2.45) is 0 Å². The van der Waals surface area contributed by atoms with Crippen LogP contribution < -0.4 is 0 Å². The van der Waals surface area contributed by atoms with E-state index < -0.39 is 0 Å². The fourth-order valence-electron chi connectivity index (χ4n) is 0.943. The maximum Gasteiger partial charge on any atom is 0.135 e. The Kier molecular flexibility index (Phi) is 3.75. The summed E-state index contributed by atoms with van der Waals surface area (Å²) in [6.45, 7) is 0. The van der Waals surface area contributed by atoms with Crippen molar-refractivity contribution in [3.63, 3.8) is 0 Å². The third kappa shape index (κ3) is 1.92. The van der Waals surface area contributed by atoms with Crippen LogP contribution in [0.1, 0.15) is 0 Å². The van der Waals surface area contributed by atoms with E-state index in [1.165, 1.54) is 0 Å². The third-order valence-electron chi connectivity index (χ3n) is 1.51. The Labute approximate surface area is 81.2 Å². The molecule has 0 aromatic heterocycles. The molecule has 0 spiro atoms. The summed E-state index contributed by atoms with van der Waals surface area (Å²) in [4.78, 5) is 0. The first-order valence-corrected chi connectivity index (χ1v) is 6.12. The highest BCUT2D eigenvalue weighted by atomic mass is 35.5. The van der Waals surface area contributed by atoms with E-state index in [-0.39, 0.29) is 0 Å². The predicted octanol–water partition coefficient (Wildman–Crippen LogP) is 2.20. The van der Waals surface area contributed by atoms with Gasteiger partial charge in [0.25, 0.3) is 0 Å². The molecular formula is C6H11ClN2S2. The van der Waals surface area contributed by atoms with Gasteiger partial charge in [-0.05, 0) is 0 Å². The Morgan fingerprint density at radius 1 is 1.27 bits per heavy atom. The van der Waals surface area contributed by atoms with Crippen LogP contribution in [0.4, 0.5) is 0 Å². The quantitative estimate of drug-likeness (QED) is 0.520. The standard InChI is InChI=1S/C6H11ClN2S2/c1-10-8-3-4-9(11-2)6(8)5-7/h3-4,6H,5H2,1-2H3. The molecule has 1 heterocycles. The minimum atomic E-state index is 0.307. The van der Waals surface area contributed by atoms with Gasteiger partial charge >= 0.3 is 0 Å². The van der Waals surface area contributed by atoms with Crippen LogP contribution in [0.25, 0.3) is 0 Å². The van der Waals surface area contributed by atoms with Gasteiger partial charge in [-0.1, -0.05) is 23.9 Å². The summed E-state index contributed by atoms with van der Waals surface area (Å²) in [7, 11) is 0. The molecule has 0 aromatic rings. The zero-order valence-electron chi connectivity index (χ0n) is 6.53. The van der Waals surface area contributed by atoms with Crippen LogP contribution >= 0.6 is 35.5 Å². The van der Waals surface area contributed by atoms with E-state index in [2.05, 4.69) is 8.61 Å². The summed E-state index contributed by atoms with van der Waals surface area (Å²) < 4.78 is 4.28. The summed E-state index contributed by atoms with van der Waals surface area (Å²) in [6, 6.07) is 0. The molecule has 0 saturated carbocycles. The maximum atomic E-state index is 5.80. The van der Waals surface area contributed by atoms with Crippen LogP contribution in [-0.4, -0.2) is 33.2 Å². The predicted molar refractivity (Wildman–Crippen MR) is 54.4 cm³/mol. The van der Waals surface area contributed by atoms with Gasteiger partial charge in [-0.15, -0.1) is 11.6 Å². The van der Waals surface area contributed by atoms with Crippen LogP contribution in [0.3, 0.4) is 0 Å². The van der Waals surface area contributed by atoms with Crippen LogP contribution in [0.2, 0.25) is 0 Å². The molecule has 0 unspecified atom stereocenters. The molecule has 11 heavy (non-hydrogen) atoms. The van der Waals surface area contributed by atoms with Crippen molar-refractivity contribution >= 4 is 35.5 Å². The lowest BCUT2D eigenvalue weighted by atomic mass is 10.6. The number of rotatable bonds is 3. The van der Waals surface area contributed by atoms with Crippen molar-refractivity contribution in [2.45, 2.75) is 6.17 Å². The zero-order valence-corrected chi connectivity index (χ0v) is 8.92. The van der Waals surface area contributed by atoms with Gasteiger partial charge in [0.15, 0.2) is 0 Å². The Bertz CT molecular complexity index is 140. The average molecular weight is 211 g/mol. The largest absolute Gasteiger partial charge is 0.298 e. The molecule has 1 aliphatic heterocycles. The molecule has 0 aromatic carbocycles. The molecule has 1 rings (SSSR count). The fraction of sp³-hybridized carbons (Fsp3) is 0.667. The van der Waals surface area contributed by atoms with Crippen molar-refractivity contribution in [1.82, 2.24) is 8.61 Å². The zero-order chi connectivity index (χ0) is 8.27. The van der Waals surface area contributed by atoms with E-state index in [0.717, 1.165) is 0 Å². The normalized spacial score (nSPS) is 18.5. The second kappa shape index (κ2) is 4.38. The first-order valence-electron chi connectivity index (χ1n) is 3.22. The molecule has 1 aliphatic rings. The summed E-state index contributed by atoms with van der Waals surface area (Å²) in [5.41, 5.74) is 0. The Hall–Kier alpha value is 0.330. The van der Waals surface area contributed by atoms with Crippen molar-refractivity contribution in [2.75, 3.05) is 18.4 Å². The Morgan fingerprint density at radius 2 is 1.73 bits per heavy atom. The lowest BCUT2D eigenvalue weighted by Gasteiger charge is -2.27. The number of alkyl halides is 1. The highest BCUT2D eigenvalue weighted by Gasteiger charge is 2.24.